The molecule has 0 aliphatic rings. The predicted octanol–water partition coefficient (Wildman–Crippen LogP) is 3.34. The zero-order valence-corrected chi connectivity index (χ0v) is 15.6. The summed E-state index contributed by atoms with van der Waals surface area (Å²) in [7, 11) is 0. The molecule has 2 aromatic carbocycles. The smallest absolute Gasteiger partial charge is 0.271 e. The zero-order valence-electron chi connectivity index (χ0n) is 15.6. The van der Waals surface area contributed by atoms with Gasteiger partial charge < -0.3 is 15.0 Å². The number of hydrogen-bond acceptors (Lipinski definition) is 3. The van der Waals surface area contributed by atoms with Crippen LogP contribution in [0.4, 0.5) is 0 Å². The lowest BCUT2D eigenvalue weighted by Crippen LogP contribution is -2.34. The summed E-state index contributed by atoms with van der Waals surface area (Å²) in [6, 6.07) is 16.7. The lowest BCUT2D eigenvalue weighted by molar-refractivity contribution is 0.0939. The molecule has 2 N–H and O–H groups in total. The highest BCUT2D eigenvalue weighted by Gasteiger charge is 2.22. The fourth-order valence-corrected chi connectivity index (χ4v) is 3.20. The second kappa shape index (κ2) is 8.08. The second-order valence-corrected chi connectivity index (χ2v) is 7.04. The van der Waals surface area contributed by atoms with Gasteiger partial charge >= 0.3 is 0 Å². The Hall–Kier alpha value is -3.08. The molecular weight excluding hydrogens is 340 g/mol. The molecule has 1 heterocycles. The van der Waals surface area contributed by atoms with Gasteiger partial charge in [-0.3, -0.25) is 9.59 Å². The van der Waals surface area contributed by atoms with Crippen molar-refractivity contribution in [2.24, 2.45) is 5.92 Å². The highest BCUT2D eigenvalue weighted by atomic mass is 16.3. The van der Waals surface area contributed by atoms with Crippen molar-refractivity contribution < 1.29 is 9.90 Å². The summed E-state index contributed by atoms with van der Waals surface area (Å²) in [6.45, 7) is 4.72. The maximum atomic E-state index is 12.9. The fourth-order valence-electron chi connectivity index (χ4n) is 3.20. The van der Waals surface area contributed by atoms with Gasteiger partial charge in [0.25, 0.3) is 11.5 Å². The molecule has 0 fully saturated rings. The molecule has 0 spiro atoms. The fraction of sp³-hybridized carbons (Fsp3) is 0.273. The Morgan fingerprint density at radius 1 is 1.04 bits per heavy atom. The average molecular weight is 364 g/mol. The van der Waals surface area contributed by atoms with Crippen molar-refractivity contribution in [3.63, 3.8) is 0 Å². The van der Waals surface area contributed by atoms with Crippen molar-refractivity contribution in [2.75, 3.05) is 6.54 Å². The SMILES string of the molecule is CC(C)Cn1c(C(=O)NCCc2ccccc2)c(O)c2ccccc2c1=O. The number of nitrogens with one attached hydrogen (secondary N) is 1. The average Bonchev–Trinajstić information content (AvgIpc) is 2.66. The molecule has 0 aliphatic carbocycles. The highest BCUT2D eigenvalue weighted by molar-refractivity contribution is 6.01. The minimum Gasteiger partial charge on any atom is -0.505 e. The summed E-state index contributed by atoms with van der Waals surface area (Å²) in [5.74, 6) is -0.436. The van der Waals surface area contributed by atoms with Crippen LogP contribution < -0.4 is 10.9 Å². The Labute approximate surface area is 158 Å². The van der Waals surface area contributed by atoms with E-state index in [2.05, 4.69) is 5.32 Å². The molecule has 1 amide bonds. The second-order valence-electron chi connectivity index (χ2n) is 7.04. The third kappa shape index (κ3) is 4.03. The Balaban J connectivity index is 1.94. The van der Waals surface area contributed by atoms with E-state index in [1.807, 2.05) is 44.2 Å². The molecule has 0 saturated carbocycles. The number of aromatic nitrogens is 1. The van der Waals surface area contributed by atoms with Crippen LogP contribution in [0.2, 0.25) is 0 Å². The largest absolute Gasteiger partial charge is 0.505 e. The van der Waals surface area contributed by atoms with E-state index >= 15 is 0 Å². The summed E-state index contributed by atoms with van der Waals surface area (Å²) in [5.41, 5.74) is 0.880. The Morgan fingerprint density at radius 3 is 2.33 bits per heavy atom. The van der Waals surface area contributed by atoms with E-state index in [1.54, 1.807) is 24.3 Å². The summed E-state index contributed by atoms with van der Waals surface area (Å²) in [5, 5.41) is 14.4. The van der Waals surface area contributed by atoms with Gasteiger partial charge in [0.15, 0.2) is 11.4 Å². The van der Waals surface area contributed by atoms with Gasteiger partial charge in [-0.25, -0.2) is 0 Å². The zero-order chi connectivity index (χ0) is 19.4. The molecule has 0 atom stereocenters. The Bertz CT molecular complexity index is 1010. The number of benzene rings is 2. The Kier molecular flexibility index (Phi) is 5.60. The molecular formula is C22H24N2O3. The number of fused-ring (bicyclic) bond motifs is 1. The van der Waals surface area contributed by atoms with E-state index in [-0.39, 0.29) is 22.9 Å². The molecule has 0 bridgehead atoms. The van der Waals surface area contributed by atoms with Crippen LogP contribution in [0.5, 0.6) is 5.75 Å². The topological polar surface area (TPSA) is 71.3 Å². The molecule has 3 rings (SSSR count). The van der Waals surface area contributed by atoms with E-state index in [0.717, 1.165) is 5.56 Å². The van der Waals surface area contributed by atoms with Crippen LogP contribution in [0.3, 0.4) is 0 Å². The van der Waals surface area contributed by atoms with Crippen LogP contribution in [0.25, 0.3) is 10.8 Å². The van der Waals surface area contributed by atoms with Crippen LogP contribution in [0.1, 0.15) is 29.9 Å². The van der Waals surface area contributed by atoms with Crippen LogP contribution in [-0.2, 0) is 13.0 Å². The van der Waals surface area contributed by atoms with E-state index < -0.39 is 5.91 Å². The molecule has 27 heavy (non-hydrogen) atoms. The van der Waals surface area contributed by atoms with Crippen LogP contribution in [0, 0.1) is 5.92 Å². The number of nitrogens with zero attached hydrogens (tertiary/aromatic N) is 1. The van der Waals surface area contributed by atoms with Crippen molar-refractivity contribution >= 4 is 16.7 Å². The third-order valence-corrected chi connectivity index (χ3v) is 4.46. The van der Waals surface area contributed by atoms with Crippen molar-refractivity contribution in [3.05, 3.63) is 76.2 Å². The molecule has 0 aliphatic heterocycles. The molecule has 0 unspecified atom stereocenters. The number of rotatable bonds is 6. The van der Waals surface area contributed by atoms with E-state index in [0.29, 0.717) is 30.3 Å². The molecule has 1 aromatic heterocycles. The number of aromatic hydroxyl groups is 1. The number of hydrogen-bond donors (Lipinski definition) is 2. The van der Waals surface area contributed by atoms with E-state index in [4.69, 9.17) is 0 Å². The van der Waals surface area contributed by atoms with Crippen LogP contribution >= 0.6 is 0 Å². The molecule has 140 valence electrons. The van der Waals surface area contributed by atoms with Crippen molar-refractivity contribution in [1.29, 1.82) is 0 Å². The normalized spacial score (nSPS) is 11.1. The van der Waals surface area contributed by atoms with Gasteiger partial charge in [-0.2, -0.15) is 0 Å². The quantitative estimate of drug-likeness (QED) is 0.705. The van der Waals surface area contributed by atoms with Crippen molar-refractivity contribution in [3.8, 4) is 5.75 Å². The molecule has 0 saturated heterocycles. The van der Waals surface area contributed by atoms with Gasteiger partial charge in [-0.15, -0.1) is 0 Å². The van der Waals surface area contributed by atoms with Gasteiger partial charge in [0.05, 0.1) is 5.39 Å². The number of pyridine rings is 1. The van der Waals surface area contributed by atoms with Gasteiger partial charge in [0.1, 0.15) is 0 Å². The molecule has 5 heteroatoms. The first-order chi connectivity index (χ1) is 13.0. The van der Waals surface area contributed by atoms with Crippen molar-refractivity contribution in [2.45, 2.75) is 26.8 Å². The number of carbonyl (C=O) groups excluding carboxylic acids is 1. The molecule has 5 nitrogen and oxygen atoms in total. The number of amides is 1. The minimum atomic E-state index is -0.438. The van der Waals surface area contributed by atoms with E-state index in [1.165, 1.54) is 4.57 Å². The van der Waals surface area contributed by atoms with Gasteiger partial charge in [-0.05, 0) is 24.0 Å². The standard InChI is InChI=1S/C22H24N2O3/c1-15(2)14-24-19(20(25)17-10-6-7-11-18(17)22(24)27)21(26)23-13-12-16-8-4-3-5-9-16/h3-11,15,25H,12-14H2,1-2H3,(H,23,26). The summed E-state index contributed by atoms with van der Waals surface area (Å²) < 4.78 is 1.39. The van der Waals surface area contributed by atoms with Crippen LogP contribution in [-0.4, -0.2) is 22.1 Å². The van der Waals surface area contributed by atoms with E-state index in [9.17, 15) is 14.7 Å². The predicted molar refractivity (Wildman–Crippen MR) is 107 cm³/mol. The number of carbonyl (C=O) groups is 1. The third-order valence-electron chi connectivity index (χ3n) is 4.46. The highest BCUT2D eigenvalue weighted by Crippen LogP contribution is 2.26. The summed E-state index contributed by atoms with van der Waals surface area (Å²) in [4.78, 5) is 25.7. The van der Waals surface area contributed by atoms with Gasteiger partial charge in [0.2, 0.25) is 0 Å². The lowest BCUT2D eigenvalue weighted by atomic mass is 10.1. The molecule has 3 aromatic rings. The summed E-state index contributed by atoms with van der Waals surface area (Å²) >= 11 is 0. The van der Waals surface area contributed by atoms with Gasteiger partial charge in [-0.1, -0.05) is 62.4 Å². The van der Waals surface area contributed by atoms with Crippen LogP contribution in [0.15, 0.2) is 59.4 Å². The van der Waals surface area contributed by atoms with Gasteiger partial charge in [0, 0.05) is 18.5 Å². The lowest BCUT2D eigenvalue weighted by Gasteiger charge is -2.18. The first-order valence-electron chi connectivity index (χ1n) is 9.15. The Morgan fingerprint density at radius 2 is 1.67 bits per heavy atom. The summed E-state index contributed by atoms with van der Waals surface area (Å²) in [6.07, 6.45) is 0.676. The maximum Gasteiger partial charge on any atom is 0.271 e. The first-order valence-corrected chi connectivity index (χ1v) is 9.15. The first kappa shape index (κ1) is 18.7. The monoisotopic (exact) mass is 364 g/mol. The van der Waals surface area contributed by atoms with Crippen molar-refractivity contribution in [1.82, 2.24) is 9.88 Å². The minimum absolute atomic E-state index is 0.0282. The maximum absolute atomic E-state index is 12.9. The molecule has 0 radical (unpaired) electrons.